The van der Waals surface area contributed by atoms with E-state index < -0.39 is 35.1 Å². The summed E-state index contributed by atoms with van der Waals surface area (Å²) in [6.45, 7) is 7.76. The Morgan fingerprint density at radius 1 is 0.869 bits per heavy atom. The summed E-state index contributed by atoms with van der Waals surface area (Å²) in [5, 5.41) is 7.72. The summed E-state index contributed by atoms with van der Waals surface area (Å²) >= 11 is 0. The number of rotatable bonds is 13. The van der Waals surface area contributed by atoms with Crippen molar-refractivity contribution in [3.05, 3.63) is 130 Å². The lowest BCUT2D eigenvalue weighted by Gasteiger charge is -2.44. The minimum Gasteiger partial charge on any atom is -0.481 e. The normalized spacial score (nSPS) is 13.6. The number of esters is 1. The van der Waals surface area contributed by atoms with Gasteiger partial charge >= 0.3 is 12.3 Å². The van der Waals surface area contributed by atoms with Crippen molar-refractivity contribution in [2.75, 3.05) is 19.7 Å². The molecule has 1 aromatic heterocycles. The number of para-hydroxylation sites is 1. The van der Waals surface area contributed by atoms with Gasteiger partial charge in [0.15, 0.2) is 11.6 Å². The predicted octanol–water partition coefficient (Wildman–Crippen LogP) is 7.95. The average molecular weight is 851 g/mol. The van der Waals surface area contributed by atoms with E-state index in [9.17, 15) is 36.3 Å². The minimum atomic E-state index is -4.80. The zero-order chi connectivity index (χ0) is 44.5. The number of aromatic nitrogens is 2. The highest BCUT2D eigenvalue weighted by Gasteiger charge is 2.40. The molecule has 6 rings (SSSR count). The van der Waals surface area contributed by atoms with Crippen molar-refractivity contribution < 1.29 is 50.9 Å². The third-order valence-electron chi connectivity index (χ3n) is 10.4. The number of alkyl halides is 3. The fraction of sp³-hybridized carbons (Fsp3) is 0.356. The summed E-state index contributed by atoms with van der Waals surface area (Å²) < 4.78 is 77.7. The lowest BCUT2D eigenvalue weighted by Crippen LogP contribution is -2.56. The second-order valence-electron chi connectivity index (χ2n) is 15.0. The number of halogens is 5. The first-order valence-electron chi connectivity index (χ1n) is 19.7. The fourth-order valence-electron chi connectivity index (χ4n) is 7.29. The number of carbonyl (C=O) groups is 3. The minimum absolute atomic E-state index is 0.0332. The van der Waals surface area contributed by atoms with Gasteiger partial charge in [0.1, 0.15) is 23.7 Å². The summed E-state index contributed by atoms with van der Waals surface area (Å²) in [6, 6.07) is 23.3. The van der Waals surface area contributed by atoms with Gasteiger partial charge in [-0.3, -0.25) is 24.1 Å². The molecule has 1 fully saturated rings. The van der Waals surface area contributed by atoms with Gasteiger partial charge in [-0.15, -0.1) is 13.2 Å². The van der Waals surface area contributed by atoms with Crippen LogP contribution in [0.4, 0.5) is 22.0 Å². The standard InChI is InChI=1S/C43H43F5N4O5.C2H4O2/c1-4-56-41(55)42(2,3)50-24-22-32(23-25-50)51(26-28-12-14-29(15-13-28)30-16-19-33(20-17-30)57-43(46,47)48)38(53)27-52-36-11-6-5-9-34(36)40(54)49-37(52)21-18-31-8-7-10-35(44)39(31)45;1-2(3)4/h5-17,19-20,32H,4,18,21-27H2,1-3H3;1H3,(H,3,4). The number of aliphatic carboxylic acids is 1. The summed E-state index contributed by atoms with van der Waals surface area (Å²) in [7, 11) is 0. The van der Waals surface area contributed by atoms with Crippen LogP contribution in [0.15, 0.2) is 95.8 Å². The van der Waals surface area contributed by atoms with Gasteiger partial charge in [0.25, 0.3) is 11.5 Å². The molecule has 4 aromatic carbocycles. The molecule has 1 aliphatic heterocycles. The maximum Gasteiger partial charge on any atom is 0.573 e. The monoisotopic (exact) mass is 850 g/mol. The van der Waals surface area contributed by atoms with Crippen LogP contribution >= 0.6 is 0 Å². The molecule has 61 heavy (non-hydrogen) atoms. The Labute approximate surface area is 349 Å². The molecular formula is C45H47F5N4O7. The first-order chi connectivity index (χ1) is 28.9. The molecule has 0 bridgehead atoms. The molecule has 0 spiro atoms. The van der Waals surface area contributed by atoms with E-state index in [4.69, 9.17) is 14.6 Å². The first kappa shape index (κ1) is 45.9. The van der Waals surface area contributed by atoms with Crippen LogP contribution in [0.3, 0.4) is 0 Å². The van der Waals surface area contributed by atoms with Crippen LogP contribution in [0.2, 0.25) is 0 Å². The maximum atomic E-state index is 14.7. The Morgan fingerprint density at radius 2 is 1.48 bits per heavy atom. The van der Waals surface area contributed by atoms with Gasteiger partial charge < -0.3 is 24.0 Å². The van der Waals surface area contributed by atoms with Crippen molar-refractivity contribution in [3.63, 3.8) is 0 Å². The average Bonchev–Trinajstić information content (AvgIpc) is 3.21. The van der Waals surface area contributed by atoms with Crippen LogP contribution < -0.4 is 10.3 Å². The predicted molar refractivity (Wildman–Crippen MR) is 217 cm³/mol. The Hall–Kier alpha value is -6.16. The molecule has 16 heteroatoms. The van der Waals surface area contributed by atoms with Gasteiger partial charge in [-0.2, -0.15) is 4.98 Å². The molecule has 324 valence electrons. The van der Waals surface area contributed by atoms with Crippen molar-refractivity contribution in [2.24, 2.45) is 0 Å². The number of aryl methyl sites for hydroxylation is 2. The summed E-state index contributed by atoms with van der Waals surface area (Å²) in [6.07, 6.45) is -3.61. The number of piperidine rings is 1. The van der Waals surface area contributed by atoms with Crippen LogP contribution in [-0.4, -0.2) is 79.9 Å². The zero-order valence-corrected chi connectivity index (χ0v) is 34.2. The summed E-state index contributed by atoms with van der Waals surface area (Å²) in [4.78, 5) is 57.8. The fourth-order valence-corrected chi connectivity index (χ4v) is 7.29. The lowest BCUT2D eigenvalue weighted by molar-refractivity contribution is -0.274. The van der Waals surface area contributed by atoms with Gasteiger partial charge in [0, 0.05) is 39.0 Å². The van der Waals surface area contributed by atoms with E-state index in [0.717, 1.165) is 24.1 Å². The van der Waals surface area contributed by atoms with E-state index in [1.54, 1.807) is 40.7 Å². The third-order valence-corrected chi connectivity index (χ3v) is 10.4. The number of hydrogen-bond acceptors (Lipinski definition) is 8. The molecule has 0 unspecified atom stereocenters. The Bertz CT molecular complexity index is 2370. The smallest absolute Gasteiger partial charge is 0.481 e. The summed E-state index contributed by atoms with van der Waals surface area (Å²) in [5.41, 5.74) is 1.42. The number of carbonyl (C=O) groups excluding carboxylic acids is 2. The number of likely N-dealkylation sites (tertiary alicyclic amines) is 1. The zero-order valence-electron chi connectivity index (χ0n) is 34.2. The number of benzene rings is 4. The molecule has 0 aliphatic carbocycles. The van der Waals surface area contributed by atoms with E-state index in [-0.39, 0.29) is 67.6 Å². The van der Waals surface area contributed by atoms with Crippen molar-refractivity contribution in [2.45, 2.75) is 84.4 Å². The van der Waals surface area contributed by atoms with E-state index in [1.165, 1.54) is 36.4 Å². The molecular weight excluding hydrogens is 804 g/mol. The molecule has 1 amide bonds. The number of fused-ring (bicyclic) bond motifs is 1. The highest BCUT2D eigenvalue weighted by Crippen LogP contribution is 2.29. The largest absolute Gasteiger partial charge is 0.573 e. The van der Waals surface area contributed by atoms with E-state index in [2.05, 4.69) is 9.72 Å². The Balaban J connectivity index is 0.00000168. The van der Waals surface area contributed by atoms with Crippen LogP contribution in [0.5, 0.6) is 5.75 Å². The molecule has 0 radical (unpaired) electrons. The first-order valence-corrected chi connectivity index (χ1v) is 19.7. The number of carboxylic acids is 1. The molecule has 2 heterocycles. The number of hydrogen-bond donors (Lipinski definition) is 1. The molecule has 1 aliphatic rings. The Kier molecular flexibility index (Phi) is 15.0. The van der Waals surface area contributed by atoms with Gasteiger partial charge in [-0.05, 0) is 92.6 Å². The number of carboxylic acid groups (broad SMARTS) is 1. The molecule has 11 nitrogen and oxygen atoms in total. The topological polar surface area (TPSA) is 131 Å². The number of nitrogens with zero attached hydrogens (tertiary/aromatic N) is 4. The molecule has 5 aromatic rings. The van der Waals surface area contributed by atoms with Crippen molar-refractivity contribution >= 4 is 28.7 Å². The van der Waals surface area contributed by atoms with Crippen LogP contribution in [0.25, 0.3) is 22.0 Å². The van der Waals surface area contributed by atoms with Crippen molar-refractivity contribution in [3.8, 4) is 16.9 Å². The second kappa shape index (κ2) is 19.9. The maximum absolute atomic E-state index is 14.7. The third kappa shape index (κ3) is 12.0. The highest BCUT2D eigenvalue weighted by molar-refractivity contribution is 5.82. The summed E-state index contributed by atoms with van der Waals surface area (Å²) in [5.74, 6) is -3.48. The van der Waals surface area contributed by atoms with Crippen LogP contribution in [-0.2, 0) is 45.1 Å². The van der Waals surface area contributed by atoms with E-state index >= 15 is 0 Å². The van der Waals surface area contributed by atoms with Crippen molar-refractivity contribution in [1.82, 2.24) is 19.4 Å². The van der Waals surface area contributed by atoms with Crippen molar-refractivity contribution in [1.29, 1.82) is 0 Å². The number of amides is 1. The quantitative estimate of drug-likeness (QED) is 0.0927. The lowest BCUT2D eigenvalue weighted by atomic mass is 9.95. The van der Waals surface area contributed by atoms with Gasteiger partial charge in [0.2, 0.25) is 5.91 Å². The number of ether oxygens (including phenoxy) is 2. The highest BCUT2D eigenvalue weighted by atomic mass is 19.4. The van der Waals surface area contributed by atoms with Crippen LogP contribution in [0.1, 0.15) is 57.5 Å². The molecule has 1 saturated heterocycles. The molecule has 0 atom stereocenters. The van der Waals surface area contributed by atoms with Gasteiger partial charge in [-0.25, -0.2) is 8.78 Å². The van der Waals surface area contributed by atoms with E-state index in [1.807, 2.05) is 43.0 Å². The van der Waals surface area contributed by atoms with Gasteiger partial charge in [0.05, 0.1) is 17.5 Å². The Morgan fingerprint density at radius 3 is 2.08 bits per heavy atom. The molecule has 1 N–H and O–H groups in total. The SMILES string of the molecule is CC(=O)O.CCOC(=O)C(C)(C)N1CCC(N(Cc2ccc(-c3ccc(OC(F)(F)F)cc3)cc2)C(=O)Cn2c(CCc3cccc(F)c3F)nc(=O)c3ccccc32)CC1. The second-order valence-corrected chi connectivity index (χ2v) is 15.0. The van der Waals surface area contributed by atoms with Gasteiger partial charge in [-0.1, -0.05) is 60.7 Å². The van der Waals surface area contributed by atoms with E-state index in [0.29, 0.717) is 42.4 Å². The molecule has 0 saturated carbocycles. The van der Waals surface area contributed by atoms with Crippen LogP contribution in [0, 0.1) is 11.6 Å².